The molecule has 2 heterocycles. The van der Waals surface area contributed by atoms with Crippen molar-refractivity contribution in [3.8, 4) is 23.0 Å². The molecule has 33 heavy (non-hydrogen) atoms. The summed E-state index contributed by atoms with van der Waals surface area (Å²) >= 11 is 0. The molecule has 2 aromatic heterocycles. The highest BCUT2D eigenvalue weighted by Crippen LogP contribution is 2.34. The number of primary amides is 1. The van der Waals surface area contributed by atoms with Crippen LogP contribution in [0.15, 0.2) is 84.6 Å². The maximum atomic E-state index is 11.7. The van der Waals surface area contributed by atoms with E-state index in [1.165, 1.54) is 17.0 Å². The first-order chi connectivity index (χ1) is 16.1. The Hall–Kier alpha value is -4.63. The first kappa shape index (κ1) is 20.3. The second kappa shape index (κ2) is 8.13. The van der Waals surface area contributed by atoms with Gasteiger partial charge in [0.1, 0.15) is 17.3 Å². The fraction of sp³-hybridized carbons (Fsp3) is 0.0741. The fourth-order valence-corrected chi connectivity index (χ4v) is 4.29. The van der Waals surface area contributed by atoms with E-state index < -0.39 is 5.91 Å². The number of nitrogens with zero attached hydrogens (tertiary/aromatic N) is 4. The molecule has 0 aliphatic carbocycles. The maximum absolute atomic E-state index is 11.7. The first-order valence-corrected chi connectivity index (χ1v) is 10.7. The van der Waals surface area contributed by atoms with Gasteiger partial charge in [-0.15, -0.1) is 0 Å². The number of nitrogens with two attached hydrogens (primary N) is 1. The van der Waals surface area contributed by atoms with E-state index in [-0.39, 0.29) is 5.57 Å². The van der Waals surface area contributed by atoms with Crippen LogP contribution in [0.4, 0.5) is 0 Å². The van der Waals surface area contributed by atoms with Gasteiger partial charge in [0.2, 0.25) is 0 Å². The lowest BCUT2D eigenvalue weighted by atomic mass is 10.0. The number of carbonyl (C=O) groups excluding carboxylic acids is 1. The molecule has 0 radical (unpaired) electrons. The smallest absolute Gasteiger partial charge is 0.259 e. The topological polar surface area (TPSA) is 89.6 Å². The second-order valence-corrected chi connectivity index (χ2v) is 7.74. The molecule has 0 aliphatic rings. The van der Waals surface area contributed by atoms with Crippen molar-refractivity contribution in [2.24, 2.45) is 5.73 Å². The largest absolute Gasteiger partial charge is 0.365 e. The maximum Gasteiger partial charge on any atom is 0.259 e. The molecule has 1 amide bonds. The summed E-state index contributed by atoms with van der Waals surface area (Å²) in [6.07, 6.45) is 3.31. The summed E-state index contributed by atoms with van der Waals surface area (Å²) in [4.78, 5) is 11.7. The molecule has 6 nitrogen and oxygen atoms in total. The van der Waals surface area contributed by atoms with Gasteiger partial charge in [0.15, 0.2) is 0 Å². The summed E-state index contributed by atoms with van der Waals surface area (Å²) in [6, 6.07) is 26.2. The zero-order valence-corrected chi connectivity index (χ0v) is 18.1. The van der Waals surface area contributed by atoms with Crippen LogP contribution in [0, 0.1) is 11.3 Å². The van der Waals surface area contributed by atoms with E-state index in [9.17, 15) is 10.1 Å². The van der Waals surface area contributed by atoms with Gasteiger partial charge in [-0.05, 0) is 43.3 Å². The van der Waals surface area contributed by atoms with Crippen molar-refractivity contribution in [2.75, 3.05) is 0 Å². The molecule has 6 heteroatoms. The fourth-order valence-electron chi connectivity index (χ4n) is 4.29. The standard InChI is InChI=1S/C27H21N5O/c1-2-31-24-11-7-6-10-22(24)23-15-18(12-13-25(23)31)26-20(14-19(16-28)27(29)33)17-32(30-26)21-8-4-3-5-9-21/h3-15,17H,2H2,1H3,(H2,29,33)/b19-14-. The van der Waals surface area contributed by atoms with E-state index >= 15 is 0 Å². The highest BCUT2D eigenvalue weighted by molar-refractivity contribution is 6.09. The van der Waals surface area contributed by atoms with Gasteiger partial charge in [-0.3, -0.25) is 4.79 Å². The van der Waals surface area contributed by atoms with Crippen molar-refractivity contribution in [2.45, 2.75) is 13.5 Å². The minimum Gasteiger partial charge on any atom is -0.365 e. The third kappa shape index (κ3) is 3.46. The average Bonchev–Trinajstić information content (AvgIpc) is 3.41. The Morgan fingerprint density at radius 1 is 1.03 bits per heavy atom. The molecule has 0 spiro atoms. The Balaban J connectivity index is 1.76. The van der Waals surface area contributed by atoms with Crippen LogP contribution in [0.25, 0.3) is 44.8 Å². The Kier molecular flexibility index (Phi) is 5.00. The van der Waals surface area contributed by atoms with E-state index in [0.29, 0.717) is 11.3 Å². The van der Waals surface area contributed by atoms with Gasteiger partial charge < -0.3 is 10.3 Å². The molecule has 3 aromatic carbocycles. The molecule has 2 N–H and O–H groups in total. The summed E-state index contributed by atoms with van der Waals surface area (Å²) < 4.78 is 4.04. The van der Waals surface area contributed by atoms with Gasteiger partial charge in [-0.1, -0.05) is 42.5 Å². The molecule has 5 rings (SSSR count). The lowest BCUT2D eigenvalue weighted by molar-refractivity contribution is -0.114. The van der Waals surface area contributed by atoms with E-state index in [4.69, 9.17) is 10.8 Å². The minimum atomic E-state index is -0.766. The number of hydrogen-bond donors (Lipinski definition) is 1. The predicted molar refractivity (Wildman–Crippen MR) is 130 cm³/mol. The minimum absolute atomic E-state index is 0.118. The lowest BCUT2D eigenvalue weighted by Gasteiger charge is -2.04. The molecular weight excluding hydrogens is 410 g/mol. The Morgan fingerprint density at radius 3 is 2.48 bits per heavy atom. The van der Waals surface area contributed by atoms with Crippen molar-refractivity contribution in [1.29, 1.82) is 5.26 Å². The summed E-state index contributed by atoms with van der Waals surface area (Å²) in [5, 5.41) is 16.5. The predicted octanol–water partition coefficient (Wildman–Crippen LogP) is 5.06. The lowest BCUT2D eigenvalue weighted by Crippen LogP contribution is -2.12. The number of fused-ring (bicyclic) bond motifs is 3. The average molecular weight is 431 g/mol. The summed E-state index contributed by atoms with van der Waals surface area (Å²) in [5.74, 6) is -0.766. The van der Waals surface area contributed by atoms with E-state index in [0.717, 1.165) is 28.7 Å². The number of benzene rings is 3. The molecule has 0 saturated carbocycles. The Bertz CT molecular complexity index is 1580. The quantitative estimate of drug-likeness (QED) is 0.312. The first-order valence-electron chi connectivity index (χ1n) is 10.7. The third-order valence-corrected chi connectivity index (χ3v) is 5.81. The number of carbonyl (C=O) groups is 1. The molecule has 0 aliphatic heterocycles. The van der Waals surface area contributed by atoms with Crippen LogP contribution >= 0.6 is 0 Å². The second-order valence-electron chi connectivity index (χ2n) is 7.74. The van der Waals surface area contributed by atoms with Gasteiger partial charge >= 0.3 is 0 Å². The van der Waals surface area contributed by atoms with E-state index in [2.05, 4.69) is 35.8 Å². The van der Waals surface area contributed by atoms with Crippen LogP contribution < -0.4 is 5.73 Å². The number of amides is 1. The Morgan fingerprint density at radius 2 is 1.76 bits per heavy atom. The van der Waals surface area contributed by atoms with Crippen molar-refractivity contribution in [3.05, 3.63) is 90.1 Å². The number of aromatic nitrogens is 3. The highest BCUT2D eigenvalue weighted by Gasteiger charge is 2.16. The zero-order valence-electron chi connectivity index (χ0n) is 18.1. The summed E-state index contributed by atoms with van der Waals surface area (Å²) in [6.45, 7) is 3.00. The van der Waals surface area contributed by atoms with Crippen LogP contribution in [-0.4, -0.2) is 20.3 Å². The normalized spacial score (nSPS) is 11.7. The van der Waals surface area contributed by atoms with Gasteiger partial charge in [0.25, 0.3) is 5.91 Å². The van der Waals surface area contributed by atoms with Gasteiger partial charge in [-0.25, -0.2) is 4.68 Å². The number of nitriles is 1. The van der Waals surface area contributed by atoms with Gasteiger partial charge in [0.05, 0.1) is 5.69 Å². The molecule has 0 fully saturated rings. The monoisotopic (exact) mass is 431 g/mol. The number of aryl methyl sites for hydroxylation is 1. The number of para-hydroxylation sites is 2. The molecule has 0 unspecified atom stereocenters. The van der Waals surface area contributed by atoms with Crippen LogP contribution in [0.2, 0.25) is 0 Å². The van der Waals surface area contributed by atoms with Crippen molar-refractivity contribution >= 4 is 33.8 Å². The van der Waals surface area contributed by atoms with Crippen molar-refractivity contribution in [3.63, 3.8) is 0 Å². The molecule has 0 bridgehead atoms. The van der Waals surface area contributed by atoms with Gasteiger partial charge in [0, 0.05) is 45.7 Å². The number of hydrogen-bond acceptors (Lipinski definition) is 3. The molecular formula is C27H21N5O. The molecule has 160 valence electrons. The third-order valence-electron chi connectivity index (χ3n) is 5.81. The van der Waals surface area contributed by atoms with E-state index in [1.807, 2.05) is 60.8 Å². The molecule has 5 aromatic rings. The van der Waals surface area contributed by atoms with E-state index in [1.54, 1.807) is 4.68 Å². The summed E-state index contributed by atoms with van der Waals surface area (Å²) in [7, 11) is 0. The molecule has 0 saturated heterocycles. The van der Waals surface area contributed by atoms with Crippen molar-refractivity contribution in [1.82, 2.24) is 14.3 Å². The van der Waals surface area contributed by atoms with Crippen LogP contribution in [0.5, 0.6) is 0 Å². The Labute approximate surface area is 190 Å². The highest BCUT2D eigenvalue weighted by atomic mass is 16.1. The van der Waals surface area contributed by atoms with Crippen molar-refractivity contribution < 1.29 is 4.79 Å². The number of rotatable bonds is 5. The van der Waals surface area contributed by atoms with Crippen LogP contribution in [0.3, 0.4) is 0 Å². The van der Waals surface area contributed by atoms with Gasteiger partial charge in [-0.2, -0.15) is 10.4 Å². The zero-order chi connectivity index (χ0) is 22.9. The molecule has 0 atom stereocenters. The SMILES string of the molecule is CCn1c2ccccc2c2cc(-c3nn(-c4ccccc4)cc3/C=C(/C#N)C(N)=O)ccc21. The van der Waals surface area contributed by atoms with Crippen LogP contribution in [-0.2, 0) is 11.3 Å². The van der Waals surface area contributed by atoms with Crippen LogP contribution in [0.1, 0.15) is 12.5 Å². The summed E-state index contributed by atoms with van der Waals surface area (Å²) in [5.41, 5.74) is 10.7.